The quantitative estimate of drug-likeness (QED) is 0.693. The largest absolute Gasteiger partial charge is 0.383 e. The van der Waals surface area contributed by atoms with Gasteiger partial charge in [0.2, 0.25) is 5.91 Å². The molecule has 0 aliphatic heterocycles. The van der Waals surface area contributed by atoms with E-state index in [1.165, 1.54) is 5.32 Å². The summed E-state index contributed by atoms with van der Waals surface area (Å²) in [7, 11) is 0. The fourth-order valence-electron chi connectivity index (χ4n) is 0.751. The van der Waals surface area contributed by atoms with Crippen molar-refractivity contribution in [3.63, 3.8) is 0 Å². The van der Waals surface area contributed by atoms with Gasteiger partial charge in [0, 0.05) is 6.04 Å². The molecule has 2 amide bonds. The van der Waals surface area contributed by atoms with E-state index in [-0.39, 0.29) is 6.04 Å². The summed E-state index contributed by atoms with van der Waals surface area (Å²) in [5.41, 5.74) is 0. The smallest absolute Gasteiger partial charge is 0.352 e. The van der Waals surface area contributed by atoms with Gasteiger partial charge in [-0.3, -0.25) is 9.59 Å². The van der Waals surface area contributed by atoms with Gasteiger partial charge in [-0.25, -0.2) is 8.78 Å². The standard InChI is InChI=1S/C8H12F4N2O2/c1-4(2)14-5(15)3-13-7(16)8(11,12)6(9)10/h4,6H,3H2,1-2H3,(H,13,16)(H,14,15). The van der Waals surface area contributed by atoms with Crippen LogP contribution in [0.2, 0.25) is 0 Å². The van der Waals surface area contributed by atoms with E-state index in [0.717, 1.165) is 0 Å². The Balaban J connectivity index is 4.13. The van der Waals surface area contributed by atoms with Crippen molar-refractivity contribution >= 4 is 11.8 Å². The second-order valence-corrected chi connectivity index (χ2v) is 3.33. The van der Waals surface area contributed by atoms with Crippen LogP contribution in [0.1, 0.15) is 13.8 Å². The molecule has 4 nitrogen and oxygen atoms in total. The van der Waals surface area contributed by atoms with Crippen LogP contribution in [0, 0.1) is 0 Å². The number of hydrogen-bond donors (Lipinski definition) is 2. The fraction of sp³-hybridized carbons (Fsp3) is 0.750. The molecule has 0 aromatic carbocycles. The van der Waals surface area contributed by atoms with Crippen molar-refractivity contribution < 1.29 is 27.2 Å². The number of hydrogen-bond acceptors (Lipinski definition) is 2. The molecule has 94 valence electrons. The number of amides is 2. The zero-order valence-electron chi connectivity index (χ0n) is 8.69. The van der Waals surface area contributed by atoms with Gasteiger partial charge in [-0.1, -0.05) is 0 Å². The van der Waals surface area contributed by atoms with Gasteiger partial charge in [0.1, 0.15) is 0 Å². The SMILES string of the molecule is CC(C)NC(=O)CNC(=O)C(F)(F)C(F)F. The lowest BCUT2D eigenvalue weighted by molar-refractivity contribution is -0.169. The molecule has 0 unspecified atom stereocenters. The first-order valence-corrected chi connectivity index (χ1v) is 4.41. The van der Waals surface area contributed by atoms with Crippen LogP contribution in [-0.4, -0.2) is 36.7 Å². The fourth-order valence-corrected chi connectivity index (χ4v) is 0.751. The van der Waals surface area contributed by atoms with Crippen LogP contribution in [-0.2, 0) is 9.59 Å². The summed E-state index contributed by atoms with van der Waals surface area (Å²) in [5.74, 6) is -7.67. The molecule has 0 bridgehead atoms. The van der Waals surface area contributed by atoms with Crippen molar-refractivity contribution in [3.05, 3.63) is 0 Å². The summed E-state index contributed by atoms with van der Waals surface area (Å²) in [6.07, 6.45) is -4.10. The van der Waals surface area contributed by atoms with Crippen molar-refractivity contribution in [1.29, 1.82) is 0 Å². The first-order valence-electron chi connectivity index (χ1n) is 4.41. The van der Waals surface area contributed by atoms with Gasteiger partial charge >= 0.3 is 12.3 Å². The third-order valence-corrected chi connectivity index (χ3v) is 1.44. The van der Waals surface area contributed by atoms with Gasteiger partial charge in [0.25, 0.3) is 5.91 Å². The minimum Gasteiger partial charge on any atom is -0.352 e. The normalized spacial score (nSPS) is 11.8. The minimum atomic E-state index is -4.78. The minimum absolute atomic E-state index is 0.236. The summed E-state index contributed by atoms with van der Waals surface area (Å²) >= 11 is 0. The second kappa shape index (κ2) is 5.66. The molecule has 0 spiro atoms. The molecular weight excluding hydrogens is 232 g/mol. The van der Waals surface area contributed by atoms with Crippen molar-refractivity contribution in [2.24, 2.45) is 0 Å². The Morgan fingerprint density at radius 3 is 2.12 bits per heavy atom. The maximum absolute atomic E-state index is 12.4. The maximum atomic E-state index is 12.4. The Hall–Kier alpha value is -1.34. The highest BCUT2D eigenvalue weighted by atomic mass is 19.3. The Morgan fingerprint density at radius 2 is 1.75 bits per heavy atom. The van der Waals surface area contributed by atoms with E-state index in [1.54, 1.807) is 13.8 Å². The number of rotatable bonds is 5. The monoisotopic (exact) mass is 244 g/mol. The van der Waals surface area contributed by atoms with E-state index < -0.39 is 30.7 Å². The summed E-state index contributed by atoms with van der Waals surface area (Å²) in [6, 6.07) is -0.236. The van der Waals surface area contributed by atoms with Gasteiger partial charge in [0.05, 0.1) is 6.54 Å². The Morgan fingerprint density at radius 1 is 1.25 bits per heavy atom. The zero-order valence-corrected chi connectivity index (χ0v) is 8.69. The molecule has 0 aliphatic carbocycles. The average molecular weight is 244 g/mol. The summed E-state index contributed by atoms with van der Waals surface area (Å²) < 4.78 is 48.1. The van der Waals surface area contributed by atoms with Crippen LogP contribution in [0.3, 0.4) is 0 Å². The summed E-state index contributed by atoms with van der Waals surface area (Å²) in [4.78, 5) is 21.5. The van der Waals surface area contributed by atoms with Crippen LogP contribution in [0.5, 0.6) is 0 Å². The first kappa shape index (κ1) is 14.7. The predicted molar refractivity (Wildman–Crippen MR) is 47.2 cm³/mol. The van der Waals surface area contributed by atoms with Crippen LogP contribution in [0.4, 0.5) is 17.6 Å². The molecule has 0 radical (unpaired) electrons. The molecule has 0 heterocycles. The topological polar surface area (TPSA) is 58.2 Å². The highest BCUT2D eigenvalue weighted by molar-refractivity contribution is 5.88. The number of carbonyl (C=O) groups is 2. The highest BCUT2D eigenvalue weighted by Gasteiger charge is 2.48. The van der Waals surface area contributed by atoms with Crippen molar-refractivity contribution in [2.75, 3.05) is 6.54 Å². The molecular formula is C8H12F4N2O2. The summed E-state index contributed by atoms with van der Waals surface area (Å²) in [5, 5.41) is 3.72. The van der Waals surface area contributed by atoms with Gasteiger partial charge in [-0.2, -0.15) is 8.78 Å². The molecule has 0 aliphatic rings. The van der Waals surface area contributed by atoms with E-state index in [4.69, 9.17) is 0 Å². The van der Waals surface area contributed by atoms with E-state index in [0.29, 0.717) is 0 Å². The molecule has 0 aromatic heterocycles. The summed E-state index contributed by atoms with van der Waals surface area (Å²) in [6.45, 7) is 2.47. The molecule has 16 heavy (non-hydrogen) atoms. The Kier molecular flexibility index (Phi) is 5.19. The van der Waals surface area contributed by atoms with Crippen LogP contribution >= 0.6 is 0 Å². The van der Waals surface area contributed by atoms with Crippen molar-refractivity contribution in [3.8, 4) is 0 Å². The van der Waals surface area contributed by atoms with E-state index in [9.17, 15) is 27.2 Å². The second-order valence-electron chi connectivity index (χ2n) is 3.33. The van der Waals surface area contributed by atoms with E-state index in [2.05, 4.69) is 5.32 Å². The van der Waals surface area contributed by atoms with Gasteiger partial charge in [-0.05, 0) is 13.8 Å². The third kappa shape index (κ3) is 4.45. The van der Waals surface area contributed by atoms with E-state index in [1.807, 2.05) is 0 Å². The number of alkyl halides is 4. The lowest BCUT2D eigenvalue weighted by Gasteiger charge is -2.15. The van der Waals surface area contributed by atoms with E-state index >= 15 is 0 Å². The molecule has 0 fully saturated rings. The maximum Gasteiger partial charge on any atom is 0.383 e. The molecule has 0 saturated heterocycles. The van der Waals surface area contributed by atoms with Crippen LogP contribution in [0.25, 0.3) is 0 Å². The molecule has 8 heteroatoms. The lowest BCUT2D eigenvalue weighted by Crippen LogP contribution is -2.48. The molecule has 0 aromatic rings. The average Bonchev–Trinajstić information content (AvgIpc) is 2.12. The number of carbonyl (C=O) groups excluding carboxylic acids is 2. The third-order valence-electron chi connectivity index (χ3n) is 1.44. The predicted octanol–water partition coefficient (Wildman–Crippen LogP) is 0.528. The van der Waals surface area contributed by atoms with Gasteiger partial charge in [0.15, 0.2) is 0 Å². The molecule has 2 N–H and O–H groups in total. The molecule has 0 rings (SSSR count). The van der Waals surface area contributed by atoms with Crippen molar-refractivity contribution in [2.45, 2.75) is 32.2 Å². The van der Waals surface area contributed by atoms with Gasteiger partial charge < -0.3 is 10.6 Å². The number of halogens is 4. The molecule has 0 saturated carbocycles. The first-order chi connectivity index (χ1) is 7.17. The van der Waals surface area contributed by atoms with Crippen molar-refractivity contribution in [1.82, 2.24) is 10.6 Å². The van der Waals surface area contributed by atoms with Crippen LogP contribution < -0.4 is 10.6 Å². The zero-order chi connectivity index (χ0) is 12.9. The Bertz CT molecular complexity index is 269. The Labute approximate surface area is 89.4 Å². The highest BCUT2D eigenvalue weighted by Crippen LogP contribution is 2.22. The van der Waals surface area contributed by atoms with Crippen LogP contribution in [0.15, 0.2) is 0 Å². The number of nitrogens with one attached hydrogen (secondary N) is 2. The lowest BCUT2D eigenvalue weighted by atomic mass is 10.3. The van der Waals surface area contributed by atoms with Gasteiger partial charge in [-0.15, -0.1) is 0 Å². The molecule has 0 atom stereocenters.